The fraction of sp³-hybridized carbons (Fsp3) is 0.467. The molecule has 1 rings (SSSR count). The van der Waals surface area contributed by atoms with Gasteiger partial charge in [-0.25, -0.2) is 0 Å². The maximum Gasteiger partial charge on any atom is 0.118 e. The minimum atomic E-state index is -0.468. The predicted molar refractivity (Wildman–Crippen MR) is 72.8 cm³/mol. The summed E-state index contributed by atoms with van der Waals surface area (Å²) in [5.74, 6) is 0.801. The molecule has 0 unspecified atom stereocenters. The van der Waals surface area contributed by atoms with E-state index in [0.29, 0.717) is 6.42 Å². The number of hydrogen-bond donors (Lipinski definition) is 1. The quantitative estimate of drug-likeness (QED) is 0.756. The largest absolute Gasteiger partial charge is 0.497 e. The van der Waals surface area contributed by atoms with E-state index in [-0.39, 0.29) is 6.10 Å². The summed E-state index contributed by atoms with van der Waals surface area (Å²) in [7, 11) is 3.33. The molecule has 3 nitrogen and oxygen atoms in total. The van der Waals surface area contributed by atoms with E-state index in [1.165, 1.54) is 0 Å². The Balaban J connectivity index is 2.42. The van der Waals surface area contributed by atoms with Crippen molar-refractivity contribution in [2.75, 3.05) is 14.2 Å². The molecule has 2 atom stereocenters. The summed E-state index contributed by atoms with van der Waals surface area (Å²) < 4.78 is 10.2. The summed E-state index contributed by atoms with van der Waals surface area (Å²) in [6, 6.07) is 7.48. The lowest BCUT2D eigenvalue weighted by Crippen LogP contribution is -2.02. The second-order valence-electron chi connectivity index (χ2n) is 4.28. The zero-order valence-electron chi connectivity index (χ0n) is 11.3. The van der Waals surface area contributed by atoms with Gasteiger partial charge in [0.15, 0.2) is 0 Å². The molecular weight excluding hydrogens is 228 g/mol. The van der Waals surface area contributed by atoms with Crippen LogP contribution in [0, 0.1) is 0 Å². The van der Waals surface area contributed by atoms with Gasteiger partial charge in [0.05, 0.1) is 19.3 Å². The van der Waals surface area contributed by atoms with E-state index < -0.39 is 6.10 Å². The highest BCUT2D eigenvalue weighted by Gasteiger charge is 2.05. The molecule has 0 heterocycles. The molecule has 0 fully saturated rings. The standard InChI is InChI=1S/C15H22O3/c1-12(17-2)6-4-5-7-15(16)13-8-10-14(18-3)11-9-13/h4-5,8-12,15-16H,6-7H2,1-3H3/b5-4-/t12-,15-/m1/s1. The molecule has 1 N–H and O–H groups in total. The van der Waals surface area contributed by atoms with Crippen molar-refractivity contribution in [2.24, 2.45) is 0 Å². The molecule has 1 aromatic rings. The number of hydrogen-bond acceptors (Lipinski definition) is 3. The van der Waals surface area contributed by atoms with Gasteiger partial charge in [0.2, 0.25) is 0 Å². The van der Waals surface area contributed by atoms with Crippen molar-refractivity contribution in [3.63, 3.8) is 0 Å². The highest BCUT2D eigenvalue weighted by atomic mass is 16.5. The topological polar surface area (TPSA) is 38.7 Å². The average Bonchev–Trinajstić information content (AvgIpc) is 2.43. The Morgan fingerprint density at radius 1 is 1.11 bits per heavy atom. The Kier molecular flexibility index (Phi) is 6.47. The summed E-state index contributed by atoms with van der Waals surface area (Å²) in [4.78, 5) is 0. The highest BCUT2D eigenvalue weighted by molar-refractivity contribution is 5.28. The maximum atomic E-state index is 9.98. The predicted octanol–water partition coefficient (Wildman–Crippen LogP) is 3.10. The molecule has 0 aromatic heterocycles. The van der Waals surface area contributed by atoms with Crippen molar-refractivity contribution < 1.29 is 14.6 Å². The molecule has 0 bridgehead atoms. The number of benzene rings is 1. The lowest BCUT2D eigenvalue weighted by atomic mass is 10.1. The smallest absolute Gasteiger partial charge is 0.118 e. The minimum absolute atomic E-state index is 0.222. The van der Waals surface area contributed by atoms with Crippen molar-refractivity contribution in [3.8, 4) is 5.75 Å². The highest BCUT2D eigenvalue weighted by Crippen LogP contribution is 2.20. The molecular formula is C15H22O3. The van der Waals surface area contributed by atoms with Crippen LogP contribution in [0.4, 0.5) is 0 Å². The molecule has 0 saturated heterocycles. The summed E-state index contributed by atoms with van der Waals surface area (Å²) in [5.41, 5.74) is 0.903. The normalized spacial score (nSPS) is 14.7. The van der Waals surface area contributed by atoms with Gasteiger partial charge in [-0.2, -0.15) is 0 Å². The molecule has 0 radical (unpaired) electrons. The first kappa shape index (κ1) is 14.7. The van der Waals surface area contributed by atoms with Gasteiger partial charge in [-0.1, -0.05) is 24.3 Å². The molecule has 0 aliphatic rings. The summed E-state index contributed by atoms with van der Waals surface area (Å²) in [6.45, 7) is 2.02. The first-order valence-corrected chi connectivity index (χ1v) is 6.17. The lowest BCUT2D eigenvalue weighted by Gasteiger charge is -2.09. The molecule has 0 saturated carbocycles. The van der Waals surface area contributed by atoms with E-state index in [0.717, 1.165) is 17.7 Å². The fourth-order valence-corrected chi connectivity index (χ4v) is 1.57. The van der Waals surface area contributed by atoms with Crippen molar-refractivity contribution in [2.45, 2.75) is 32.0 Å². The van der Waals surface area contributed by atoms with E-state index in [1.807, 2.05) is 43.3 Å². The van der Waals surface area contributed by atoms with E-state index in [9.17, 15) is 5.11 Å². The van der Waals surface area contributed by atoms with Crippen LogP contribution in [0.1, 0.15) is 31.4 Å². The van der Waals surface area contributed by atoms with Crippen LogP contribution in [0.15, 0.2) is 36.4 Å². The van der Waals surface area contributed by atoms with Crippen LogP contribution in [0.5, 0.6) is 5.75 Å². The maximum absolute atomic E-state index is 9.98. The Hall–Kier alpha value is -1.32. The van der Waals surface area contributed by atoms with Gasteiger partial charge in [-0.05, 0) is 37.5 Å². The van der Waals surface area contributed by atoms with Gasteiger partial charge in [0.25, 0.3) is 0 Å². The second kappa shape index (κ2) is 7.90. The molecule has 18 heavy (non-hydrogen) atoms. The van der Waals surface area contributed by atoms with E-state index in [4.69, 9.17) is 9.47 Å². The van der Waals surface area contributed by atoms with Crippen molar-refractivity contribution in [1.82, 2.24) is 0 Å². The van der Waals surface area contributed by atoms with Gasteiger partial charge in [-0.3, -0.25) is 0 Å². The van der Waals surface area contributed by atoms with Crippen LogP contribution in [0.25, 0.3) is 0 Å². The number of aliphatic hydroxyl groups is 1. The number of ether oxygens (including phenoxy) is 2. The molecule has 1 aromatic carbocycles. The fourth-order valence-electron chi connectivity index (χ4n) is 1.57. The van der Waals surface area contributed by atoms with Crippen LogP contribution < -0.4 is 4.74 Å². The van der Waals surface area contributed by atoms with Crippen molar-refractivity contribution in [3.05, 3.63) is 42.0 Å². The lowest BCUT2D eigenvalue weighted by molar-refractivity contribution is 0.121. The van der Waals surface area contributed by atoms with Crippen LogP contribution >= 0.6 is 0 Å². The number of rotatable bonds is 7. The van der Waals surface area contributed by atoms with Crippen LogP contribution in [0.2, 0.25) is 0 Å². The van der Waals surface area contributed by atoms with Crippen LogP contribution in [0.3, 0.4) is 0 Å². The number of aliphatic hydroxyl groups excluding tert-OH is 1. The minimum Gasteiger partial charge on any atom is -0.497 e. The summed E-state index contributed by atoms with van der Waals surface area (Å²) >= 11 is 0. The van der Waals surface area contributed by atoms with Gasteiger partial charge < -0.3 is 14.6 Å². The van der Waals surface area contributed by atoms with Crippen molar-refractivity contribution >= 4 is 0 Å². The molecule has 0 aliphatic carbocycles. The van der Waals surface area contributed by atoms with E-state index >= 15 is 0 Å². The molecule has 100 valence electrons. The summed E-state index contributed by atoms with van der Waals surface area (Å²) in [5, 5.41) is 9.98. The Bertz CT molecular complexity index is 357. The van der Waals surface area contributed by atoms with Crippen molar-refractivity contribution in [1.29, 1.82) is 0 Å². The van der Waals surface area contributed by atoms with E-state index in [1.54, 1.807) is 14.2 Å². The third-order valence-electron chi connectivity index (χ3n) is 2.90. The Morgan fingerprint density at radius 3 is 2.28 bits per heavy atom. The van der Waals surface area contributed by atoms with Gasteiger partial charge in [-0.15, -0.1) is 0 Å². The van der Waals surface area contributed by atoms with Crippen LogP contribution in [-0.4, -0.2) is 25.4 Å². The zero-order valence-corrected chi connectivity index (χ0v) is 11.3. The van der Waals surface area contributed by atoms with Crippen LogP contribution in [-0.2, 0) is 4.74 Å². The zero-order chi connectivity index (χ0) is 13.4. The molecule has 0 spiro atoms. The van der Waals surface area contributed by atoms with Gasteiger partial charge in [0.1, 0.15) is 5.75 Å². The first-order valence-electron chi connectivity index (χ1n) is 6.17. The second-order valence-corrected chi connectivity index (χ2v) is 4.28. The average molecular weight is 250 g/mol. The molecule has 3 heteroatoms. The SMILES string of the molecule is COc1ccc([C@H](O)C/C=C\C[C@@H](C)OC)cc1. The van der Waals surface area contributed by atoms with Gasteiger partial charge in [0, 0.05) is 7.11 Å². The first-order chi connectivity index (χ1) is 8.67. The molecule has 0 aliphatic heterocycles. The monoisotopic (exact) mass is 250 g/mol. The Labute approximate surface area is 109 Å². The van der Waals surface area contributed by atoms with Gasteiger partial charge >= 0.3 is 0 Å². The third-order valence-corrected chi connectivity index (χ3v) is 2.90. The Morgan fingerprint density at radius 2 is 1.72 bits per heavy atom. The summed E-state index contributed by atoms with van der Waals surface area (Å²) in [6.07, 6.45) is 5.27. The van der Waals surface area contributed by atoms with E-state index in [2.05, 4.69) is 0 Å². The third kappa shape index (κ3) is 4.90. The number of methoxy groups -OCH3 is 2. The molecule has 0 amide bonds.